The molecule has 0 bridgehead atoms. The third-order valence-corrected chi connectivity index (χ3v) is 4.94. The van der Waals surface area contributed by atoms with Gasteiger partial charge < -0.3 is 4.74 Å². The number of fused-ring (bicyclic) bond motifs is 1. The molecule has 1 heterocycles. The van der Waals surface area contributed by atoms with Crippen molar-refractivity contribution in [1.29, 1.82) is 0 Å². The molecule has 0 N–H and O–H groups in total. The topological polar surface area (TPSA) is 29.5 Å². The monoisotopic (exact) mass is 337 g/mol. The average molecular weight is 337 g/mol. The van der Waals surface area contributed by atoms with Crippen LogP contribution >= 0.6 is 0 Å². The summed E-state index contributed by atoms with van der Waals surface area (Å²) in [4.78, 5) is 14.7. The lowest BCUT2D eigenvalue weighted by molar-refractivity contribution is -0.150. The number of nitrogens with zero attached hydrogens (tertiary/aromatic N) is 1. The normalized spacial score (nSPS) is 17.4. The molecule has 2 aromatic carbocycles. The molecule has 132 valence electrons. The Bertz CT molecular complexity index is 721. The highest BCUT2D eigenvalue weighted by atomic mass is 16.5. The van der Waals surface area contributed by atoms with Crippen molar-refractivity contribution in [3.8, 4) is 0 Å². The smallest absolute Gasteiger partial charge is 0.323 e. The van der Waals surface area contributed by atoms with E-state index in [9.17, 15) is 4.79 Å². The van der Waals surface area contributed by atoms with Gasteiger partial charge in [0.15, 0.2) is 0 Å². The van der Waals surface area contributed by atoms with Crippen LogP contribution in [-0.2, 0) is 29.0 Å². The molecule has 1 atom stereocenters. The van der Waals surface area contributed by atoms with Crippen LogP contribution in [0.1, 0.15) is 48.9 Å². The molecule has 25 heavy (non-hydrogen) atoms. The Kier molecular flexibility index (Phi) is 5.54. The van der Waals surface area contributed by atoms with E-state index >= 15 is 0 Å². The minimum absolute atomic E-state index is 0.115. The van der Waals surface area contributed by atoms with Crippen LogP contribution < -0.4 is 0 Å². The fourth-order valence-electron chi connectivity index (χ4n) is 3.46. The summed E-state index contributed by atoms with van der Waals surface area (Å²) in [5, 5.41) is 0. The molecular formula is C22H27NO2. The number of benzene rings is 2. The molecule has 0 spiro atoms. The van der Waals surface area contributed by atoms with Crippen molar-refractivity contribution in [1.82, 2.24) is 4.90 Å². The van der Waals surface area contributed by atoms with Crippen LogP contribution in [0.15, 0.2) is 48.5 Å². The van der Waals surface area contributed by atoms with Gasteiger partial charge in [-0.1, -0.05) is 62.4 Å². The Balaban J connectivity index is 1.82. The summed E-state index contributed by atoms with van der Waals surface area (Å²) in [5.41, 5.74) is 5.14. The van der Waals surface area contributed by atoms with Gasteiger partial charge in [0.05, 0.1) is 6.61 Å². The molecule has 0 radical (unpaired) electrons. The zero-order valence-electron chi connectivity index (χ0n) is 15.4. The third-order valence-electron chi connectivity index (χ3n) is 4.94. The second-order valence-corrected chi connectivity index (χ2v) is 7.04. The Hall–Kier alpha value is -2.13. The lowest BCUT2D eigenvalue weighted by atomic mass is 9.93. The first-order chi connectivity index (χ1) is 12.1. The van der Waals surface area contributed by atoms with Gasteiger partial charge in [-0.15, -0.1) is 0 Å². The van der Waals surface area contributed by atoms with Gasteiger partial charge in [0.1, 0.15) is 6.04 Å². The van der Waals surface area contributed by atoms with Crippen LogP contribution in [0.2, 0.25) is 0 Å². The fraction of sp³-hybridized carbons (Fsp3) is 0.409. The van der Waals surface area contributed by atoms with Crippen molar-refractivity contribution >= 4 is 5.97 Å². The SMILES string of the molecule is CCOC(=O)[C@H]1Cc2ccccc2CN1Cc1ccc(C(C)C)cc1. The van der Waals surface area contributed by atoms with Crippen LogP contribution in [-0.4, -0.2) is 23.5 Å². The summed E-state index contributed by atoms with van der Waals surface area (Å²) in [6.07, 6.45) is 0.721. The number of hydrogen-bond donors (Lipinski definition) is 0. The number of hydrogen-bond acceptors (Lipinski definition) is 3. The first-order valence-corrected chi connectivity index (χ1v) is 9.14. The van der Waals surface area contributed by atoms with E-state index in [0.29, 0.717) is 12.5 Å². The highest BCUT2D eigenvalue weighted by molar-refractivity contribution is 5.76. The largest absolute Gasteiger partial charge is 0.465 e. The van der Waals surface area contributed by atoms with Crippen molar-refractivity contribution in [2.45, 2.75) is 52.2 Å². The van der Waals surface area contributed by atoms with Crippen molar-refractivity contribution in [3.05, 3.63) is 70.8 Å². The molecule has 0 unspecified atom stereocenters. The molecule has 1 aliphatic rings. The number of carbonyl (C=O) groups is 1. The van der Waals surface area contributed by atoms with Crippen molar-refractivity contribution in [2.75, 3.05) is 6.61 Å². The number of esters is 1. The minimum Gasteiger partial charge on any atom is -0.465 e. The zero-order valence-corrected chi connectivity index (χ0v) is 15.4. The standard InChI is InChI=1S/C22H27NO2/c1-4-25-22(24)21-13-19-7-5-6-8-20(19)15-23(21)14-17-9-11-18(12-10-17)16(2)3/h5-12,16,21H,4,13-15H2,1-3H3/t21-/m1/s1. The van der Waals surface area contributed by atoms with E-state index in [4.69, 9.17) is 4.74 Å². The summed E-state index contributed by atoms with van der Waals surface area (Å²) >= 11 is 0. The Morgan fingerprint density at radius 2 is 1.80 bits per heavy atom. The highest BCUT2D eigenvalue weighted by Gasteiger charge is 2.32. The van der Waals surface area contributed by atoms with E-state index in [1.165, 1.54) is 22.3 Å². The van der Waals surface area contributed by atoms with Crippen LogP contribution in [0.5, 0.6) is 0 Å². The first-order valence-electron chi connectivity index (χ1n) is 9.14. The quantitative estimate of drug-likeness (QED) is 0.762. The van der Waals surface area contributed by atoms with Crippen LogP contribution in [0.4, 0.5) is 0 Å². The van der Waals surface area contributed by atoms with Gasteiger partial charge in [0, 0.05) is 13.1 Å². The van der Waals surface area contributed by atoms with Gasteiger partial charge in [-0.2, -0.15) is 0 Å². The molecule has 3 nitrogen and oxygen atoms in total. The minimum atomic E-state index is -0.209. The van der Waals surface area contributed by atoms with Gasteiger partial charge >= 0.3 is 5.97 Å². The molecule has 1 aliphatic heterocycles. The Morgan fingerprint density at radius 3 is 2.44 bits per heavy atom. The van der Waals surface area contributed by atoms with Gasteiger partial charge in [0.2, 0.25) is 0 Å². The number of carbonyl (C=O) groups excluding carboxylic acids is 1. The Labute approximate surface area is 150 Å². The number of rotatable bonds is 5. The van der Waals surface area contributed by atoms with E-state index < -0.39 is 0 Å². The molecule has 3 rings (SSSR count). The second kappa shape index (κ2) is 7.83. The van der Waals surface area contributed by atoms with Gasteiger partial charge in [-0.05, 0) is 41.5 Å². The van der Waals surface area contributed by atoms with Gasteiger partial charge in [-0.3, -0.25) is 9.69 Å². The average Bonchev–Trinajstić information content (AvgIpc) is 2.61. The summed E-state index contributed by atoms with van der Waals surface area (Å²) in [7, 11) is 0. The molecule has 0 amide bonds. The maximum atomic E-state index is 12.5. The second-order valence-electron chi connectivity index (χ2n) is 7.04. The van der Waals surface area contributed by atoms with Gasteiger partial charge in [-0.25, -0.2) is 0 Å². The van der Waals surface area contributed by atoms with Crippen molar-refractivity contribution < 1.29 is 9.53 Å². The van der Waals surface area contributed by atoms with Crippen LogP contribution in [0, 0.1) is 0 Å². The van der Waals surface area contributed by atoms with E-state index in [2.05, 4.69) is 61.2 Å². The van der Waals surface area contributed by atoms with E-state index in [0.717, 1.165) is 19.5 Å². The lowest BCUT2D eigenvalue weighted by Crippen LogP contribution is -2.45. The highest BCUT2D eigenvalue weighted by Crippen LogP contribution is 2.26. The summed E-state index contributed by atoms with van der Waals surface area (Å²) in [5.74, 6) is 0.416. The van der Waals surface area contributed by atoms with Crippen LogP contribution in [0.3, 0.4) is 0 Å². The molecular weight excluding hydrogens is 310 g/mol. The third kappa shape index (κ3) is 4.10. The molecule has 2 aromatic rings. The van der Waals surface area contributed by atoms with Crippen molar-refractivity contribution in [3.63, 3.8) is 0 Å². The predicted molar refractivity (Wildman–Crippen MR) is 100 cm³/mol. The first kappa shape index (κ1) is 17.7. The molecule has 0 saturated carbocycles. The lowest BCUT2D eigenvalue weighted by Gasteiger charge is -2.35. The number of ether oxygens (including phenoxy) is 1. The molecule has 3 heteroatoms. The van der Waals surface area contributed by atoms with Crippen molar-refractivity contribution in [2.24, 2.45) is 0 Å². The molecule has 0 saturated heterocycles. The van der Waals surface area contributed by atoms with Gasteiger partial charge in [0.25, 0.3) is 0 Å². The molecule has 0 aliphatic carbocycles. The summed E-state index contributed by atoms with van der Waals surface area (Å²) in [6.45, 7) is 8.24. The van der Waals surface area contributed by atoms with Crippen LogP contribution in [0.25, 0.3) is 0 Å². The molecule has 0 fully saturated rings. The maximum Gasteiger partial charge on any atom is 0.323 e. The van der Waals surface area contributed by atoms with E-state index in [-0.39, 0.29) is 12.0 Å². The summed E-state index contributed by atoms with van der Waals surface area (Å²) < 4.78 is 5.33. The predicted octanol–water partition coefficient (Wildman–Crippen LogP) is 4.30. The molecule has 0 aromatic heterocycles. The van der Waals surface area contributed by atoms with E-state index in [1.807, 2.05) is 13.0 Å². The summed E-state index contributed by atoms with van der Waals surface area (Å²) in [6, 6.07) is 16.9. The fourth-order valence-corrected chi connectivity index (χ4v) is 3.46. The zero-order chi connectivity index (χ0) is 17.8. The Morgan fingerprint density at radius 1 is 1.12 bits per heavy atom. The van der Waals surface area contributed by atoms with E-state index in [1.54, 1.807) is 0 Å². The maximum absolute atomic E-state index is 12.5.